The van der Waals surface area contributed by atoms with E-state index in [0.29, 0.717) is 5.52 Å². The number of aromatic nitrogens is 2. The molecule has 1 aromatic heterocycles. The molecule has 0 saturated carbocycles. The maximum Gasteiger partial charge on any atom is 0.173 e. The second-order valence-electron chi connectivity index (χ2n) is 6.22. The number of ketones is 1. The van der Waals surface area contributed by atoms with Crippen molar-refractivity contribution >= 4 is 16.8 Å². The lowest BCUT2D eigenvalue weighted by atomic mass is 10.0. The summed E-state index contributed by atoms with van der Waals surface area (Å²) in [7, 11) is 0. The molecule has 0 aliphatic heterocycles. The first-order chi connectivity index (χ1) is 13.4. The zero-order valence-corrected chi connectivity index (χ0v) is 14.5. The average Bonchev–Trinajstić information content (AvgIpc) is 3.11. The van der Waals surface area contributed by atoms with Crippen molar-refractivity contribution in [2.75, 3.05) is 0 Å². The molecule has 0 amide bonds. The number of hydrogen-bond acceptors (Lipinski definition) is 2. The molecule has 1 N–H and O–H groups in total. The van der Waals surface area contributed by atoms with E-state index in [1.165, 1.54) is 37.3 Å². The van der Waals surface area contributed by atoms with Gasteiger partial charge in [0.25, 0.3) is 0 Å². The topological polar surface area (TPSA) is 45.8 Å². The fourth-order valence-electron chi connectivity index (χ4n) is 3.13. The number of hydrogen-bond donors (Lipinski definition) is 1. The number of aromatic amines is 1. The number of carbonyl (C=O) groups is 1. The van der Waals surface area contributed by atoms with Crippen LogP contribution in [-0.4, -0.2) is 15.8 Å². The first kappa shape index (κ1) is 17.9. The lowest BCUT2D eigenvalue weighted by Crippen LogP contribution is -2.04. The second kappa shape index (κ2) is 6.60. The van der Waals surface area contributed by atoms with Crippen LogP contribution in [-0.2, 0) is 0 Å². The summed E-state index contributed by atoms with van der Waals surface area (Å²) in [5.74, 6) is -6.89. The largest absolute Gasteiger partial charge is 0.338 e. The number of nitrogens with zero attached hydrogens (tertiary/aromatic N) is 1. The zero-order chi connectivity index (χ0) is 20.0. The molecule has 4 rings (SSSR count). The highest BCUT2D eigenvalue weighted by atomic mass is 19.2. The third-order valence-electron chi connectivity index (χ3n) is 4.45. The van der Waals surface area contributed by atoms with Gasteiger partial charge in [0, 0.05) is 5.56 Å². The van der Waals surface area contributed by atoms with Crippen molar-refractivity contribution in [3.63, 3.8) is 0 Å². The van der Waals surface area contributed by atoms with E-state index in [1.54, 1.807) is 18.2 Å². The van der Waals surface area contributed by atoms with Crippen LogP contribution in [0.4, 0.5) is 17.6 Å². The molecule has 0 fully saturated rings. The first-order valence-corrected chi connectivity index (χ1v) is 8.31. The van der Waals surface area contributed by atoms with Crippen molar-refractivity contribution in [2.24, 2.45) is 0 Å². The van der Waals surface area contributed by atoms with Crippen LogP contribution in [0.15, 0.2) is 48.5 Å². The van der Waals surface area contributed by atoms with Gasteiger partial charge in [0.05, 0.1) is 22.2 Å². The van der Waals surface area contributed by atoms with Crippen LogP contribution in [0.2, 0.25) is 0 Å². The molecule has 140 valence electrons. The minimum Gasteiger partial charge on any atom is -0.338 e. The normalized spacial score (nSPS) is 11.2. The van der Waals surface area contributed by atoms with Crippen molar-refractivity contribution in [2.45, 2.75) is 6.92 Å². The summed E-state index contributed by atoms with van der Waals surface area (Å²) in [6, 6.07) is 11.9. The molecule has 7 heteroatoms. The summed E-state index contributed by atoms with van der Waals surface area (Å²) < 4.78 is 58.8. The molecule has 3 aromatic carbocycles. The van der Waals surface area contributed by atoms with E-state index >= 15 is 0 Å². The Morgan fingerprint density at radius 1 is 0.821 bits per heavy atom. The Morgan fingerprint density at radius 3 is 2.04 bits per heavy atom. The van der Waals surface area contributed by atoms with Crippen LogP contribution >= 0.6 is 0 Å². The molecule has 3 nitrogen and oxygen atoms in total. The Bertz CT molecular complexity index is 1200. The van der Waals surface area contributed by atoms with Gasteiger partial charge in [-0.05, 0) is 24.6 Å². The zero-order valence-electron chi connectivity index (χ0n) is 14.5. The summed E-state index contributed by atoms with van der Waals surface area (Å²) >= 11 is 0. The number of para-hydroxylation sites is 1. The highest BCUT2D eigenvalue weighted by Gasteiger charge is 2.29. The van der Waals surface area contributed by atoms with Gasteiger partial charge in [-0.25, -0.2) is 22.5 Å². The van der Waals surface area contributed by atoms with Gasteiger partial charge in [-0.1, -0.05) is 36.4 Å². The van der Waals surface area contributed by atoms with Gasteiger partial charge in [-0.3, -0.25) is 4.79 Å². The van der Waals surface area contributed by atoms with Crippen molar-refractivity contribution in [3.8, 4) is 22.5 Å². The molecular formula is C21H12F4N2O. The van der Waals surface area contributed by atoms with Gasteiger partial charge >= 0.3 is 0 Å². The van der Waals surface area contributed by atoms with Gasteiger partial charge in [-0.15, -0.1) is 0 Å². The third-order valence-corrected chi connectivity index (χ3v) is 4.45. The monoisotopic (exact) mass is 384 g/mol. The van der Waals surface area contributed by atoms with Crippen molar-refractivity contribution in [1.82, 2.24) is 9.97 Å². The number of rotatable bonds is 3. The number of H-pyrrole nitrogens is 1. The summed E-state index contributed by atoms with van der Waals surface area (Å²) in [4.78, 5) is 18.4. The van der Waals surface area contributed by atoms with E-state index < -0.39 is 40.2 Å². The molecular weight excluding hydrogens is 372 g/mol. The average molecular weight is 384 g/mol. The van der Waals surface area contributed by atoms with Crippen molar-refractivity contribution in [3.05, 3.63) is 77.4 Å². The van der Waals surface area contributed by atoms with Gasteiger partial charge < -0.3 is 4.98 Å². The van der Waals surface area contributed by atoms with Gasteiger partial charge in [0.1, 0.15) is 5.82 Å². The summed E-state index contributed by atoms with van der Waals surface area (Å²) in [5, 5.41) is 0. The number of carbonyl (C=O) groups excluding carboxylic acids is 1. The smallest absolute Gasteiger partial charge is 0.173 e. The first-order valence-electron chi connectivity index (χ1n) is 8.31. The summed E-state index contributed by atoms with van der Waals surface area (Å²) in [6.45, 7) is 1.32. The Morgan fingerprint density at radius 2 is 1.43 bits per heavy atom. The number of imidazole rings is 1. The summed E-state index contributed by atoms with van der Waals surface area (Å²) in [5.41, 5.74) is -1.04. The molecule has 0 spiro atoms. The maximum atomic E-state index is 14.8. The third kappa shape index (κ3) is 2.67. The van der Waals surface area contributed by atoms with Gasteiger partial charge in [0.2, 0.25) is 0 Å². The maximum absolute atomic E-state index is 14.8. The molecule has 0 bridgehead atoms. The Kier molecular flexibility index (Phi) is 4.22. The quantitative estimate of drug-likeness (QED) is 0.282. The summed E-state index contributed by atoms with van der Waals surface area (Å²) in [6.07, 6.45) is 0. The van der Waals surface area contributed by atoms with E-state index in [4.69, 9.17) is 0 Å². The molecule has 0 unspecified atom stereocenters. The SMILES string of the molecule is CC(=O)c1cccc2[nH]c(-c3c(F)c(F)c(-c4ccccc4)c(F)c3F)nc12. The standard InChI is InChI=1S/C21H12F4N2O/c1-10(28)12-8-5-9-13-20(12)27-21(26-13)15-18(24)16(22)14(17(23)19(15)25)11-6-3-2-4-7-11/h2-9H,1H3,(H,26,27). The number of benzene rings is 3. The molecule has 1 heterocycles. The number of halogens is 4. The second-order valence-corrected chi connectivity index (χ2v) is 6.22. The fraction of sp³-hybridized carbons (Fsp3) is 0.0476. The van der Waals surface area contributed by atoms with E-state index in [2.05, 4.69) is 9.97 Å². The lowest BCUT2D eigenvalue weighted by molar-refractivity contribution is 0.101. The minimum atomic E-state index is -1.57. The Balaban J connectivity index is 1.99. The molecule has 28 heavy (non-hydrogen) atoms. The van der Waals surface area contributed by atoms with Crippen molar-refractivity contribution in [1.29, 1.82) is 0 Å². The van der Waals surface area contributed by atoms with Crippen LogP contribution < -0.4 is 0 Å². The molecule has 0 aliphatic carbocycles. The Labute approximate surface area is 156 Å². The minimum absolute atomic E-state index is 0.00493. The fourth-order valence-corrected chi connectivity index (χ4v) is 3.13. The molecule has 0 aliphatic rings. The van der Waals surface area contributed by atoms with Gasteiger partial charge in [-0.2, -0.15) is 0 Å². The van der Waals surface area contributed by atoms with Crippen LogP contribution in [0.3, 0.4) is 0 Å². The van der Waals surface area contributed by atoms with Crippen LogP contribution in [0, 0.1) is 23.3 Å². The molecule has 0 saturated heterocycles. The highest BCUT2D eigenvalue weighted by Crippen LogP contribution is 2.36. The van der Waals surface area contributed by atoms with E-state index in [0.717, 1.165) is 0 Å². The van der Waals surface area contributed by atoms with E-state index in [9.17, 15) is 22.4 Å². The van der Waals surface area contributed by atoms with Crippen LogP contribution in [0.25, 0.3) is 33.5 Å². The number of nitrogens with one attached hydrogen (secondary N) is 1. The van der Waals surface area contributed by atoms with Gasteiger partial charge in [0.15, 0.2) is 29.1 Å². The van der Waals surface area contributed by atoms with E-state index in [-0.39, 0.29) is 22.4 Å². The molecule has 0 radical (unpaired) electrons. The van der Waals surface area contributed by atoms with Crippen molar-refractivity contribution < 1.29 is 22.4 Å². The predicted octanol–water partition coefficient (Wildman–Crippen LogP) is 5.66. The van der Waals surface area contributed by atoms with Crippen LogP contribution in [0.1, 0.15) is 17.3 Å². The molecule has 0 atom stereocenters. The predicted molar refractivity (Wildman–Crippen MR) is 96.8 cm³/mol. The number of fused-ring (bicyclic) bond motifs is 1. The lowest BCUT2D eigenvalue weighted by Gasteiger charge is -2.11. The highest BCUT2D eigenvalue weighted by molar-refractivity contribution is 6.05. The number of Topliss-reactive ketones (excluding diaryl/α,β-unsaturated/α-hetero) is 1. The Hall–Kier alpha value is -3.48. The molecule has 4 aromatic rings. The van der Waals surface area contributed by atoms with E-state index in [1.807, 2.05) is 0 Å². The van der Waals surface area contributed by atoms with Crippen LogP contribution in [0.5, 0.6) is 0 Å².